The molecule has 0 aliphatic heterocycles. The quantitative estimate of drug-likeness (QED) is 0.333. The summed E-state index contributed by atoms with van der Waals surface area (Å²) in [7, 11) is 0. The topological polar surface area (TPSA) is 108 Å². The average Bonchev–Trinajstić information content (AvgIpc) is 3.41. The van der Waals surface area contributed by atoms with Crippen LogP contribution in [0.3, 0.4) is 0 Å². The van der Waals surface area contributed by atoms with Gasteiger partial charge in [0, 0.05) is 22.3 Å². The number of hydrogen-bond acceptors (Lipinski definition) is 5. The number of nitro groups is 1. The van der Waals surface area contributed by atoms with Gasteiger partial charge in [-0.2, -0.15) is 10.2 Å². The van der Waals surface area contributed by atoms with E-state index >= 15 is 0 Å². The molecule has 2 heterocycles. The summed E-state index contributed by atoms with van der Waals surface area (Å²) < 4.78 is 16.9. The van der Waals surface area contributed by atoms with Gasteiger partial charge >= 0.3 is 5.69 Å². The fourth-order valence-corrected chi connectivity index (χ4v) is 3.27. The predicted octanol–water partition coefficient (Wildman–Crippen LogP) is 4.13. The maximum Gasteiger partial charge on any atom is 0.307 e. The molecule has 2 aromatic carbocycles. The SMILES string of the molecule is O=C(Nc1cnn(Cc2c(F)cccc2Cl)c1)c1ccc(Cn2cc([N+](=O)[O-])cn2)cc1. The number of carbonyl (C=O) groups excluding carboxylic acids is 1. The molecular formula is C21H16ClFN6O3. The molecule has 0 spiro atoms. The smallest absolute Gasteiger partial charge is 0.307 e. The molecule has 4 aromatic rings. The number of benzene rings is 2. The summed E-state index contributed by atoms with van der Waals surface area (Å²) in [5, 5.41) is 21.9. The van der Waals surface area contributed by atoms with Crippen LogP contribution < -0.4 is 5.32 Å². The Morgan fingerprint density at radius 3 is 2.47 bits per heavy atom. The normalized spacial score (nSPS) is 10.8. The minimum Gasteiger partial charge on any atom is -0.319 e. The Kier molecular flexibility index (Phi) is 5.95. The van der Waals surface area contributed by atoms with Crippen LogP contribution in [0.1, 0.15) is 21.5 Å². The van der Waals surface area contributed by atoms with E-state index in [1.54, 1.807) is 36.5 Å². The number of carbonyl (C=O) groups is 1. The summed E-state index contributed by atoms with van der Waals surface area (Å²) in [6.07, 6.45) is 5.57. The largest absolute Gasteiger partial charge is 0.319 e. The third-order valence-electron chi connectivity index (χ3n) is 4.66. The fraction of sp³-hybridized carbons (Fsp3) is 0.0952. The monoisotopic (exact) mass is 454 g/mol. The number of nitrogens with one attached hydrogen (secondary N) is 1. The molecule has 0 aliphatic carbocycles. The zero-order chi connectivity index (χ0) is 22.7. The molecule has 2 aromatic heterocycles. The predicted molar refractivity (Wildman–Crippen MR) is 115 cm³/mol. The van der Waals surface area contributed by atoms with Crippen molar-refractivity contribution in [3.8, 4) is 0 Å². The van der Waals surface area contributed by atoms with Gasteiger partial charge in [-0.3, -0.25) is 24.3 Å². The number of rotatable bonds is 7. The lowest BCUT2D eigenvalue weighted by atomic mass is 10.1. The first kappa shape index (κ1) is 21.2. The van der Waals surface area contributed by atoms with Crippen molar-refractivity contribution in [1.29, 1.82) is 0 Å². The van der Waals surface area contributed by atoms with Crippen molar-refractivity contribution in [3.63, 3.8) is 0 Å². The molecule has 0 aliphatic rings. The third-order valence-corrected chi connectivity index (χ3v) is 5.02. The van der Waals surface area contributed by atoms with Crippen LogP contribution in [0.25, 0.3) is 0 Å². The van der Waals surface area contributed by atoms with Gasteiger partial charge in [-0.25, -0.2) is 4.39 Å². The Morgan fingerprint density at radius 2 is 1.78 bits per heavy atom. The van der Waals surface area contributed by atoms with Gasteiger partial charge in [0.2, 0.25) is 0 Å². The van der Waals surface area contributed by atoms with Crippen molar-refractivity contribution in [2.24, 2.45) is 0 Å². The molecule has 4 rings (SSSR count). The Morgan fingerprint density at radius 1 is 1.06 bits per heavy atom. The van der Waals surface area contributed by atoms with Crippen LogP contribution in [0.5, 0.6) is 0 Å². The second kappa shape index (κ2) is 8.98. The average molecular weight is 455 g/mol. The second-order valence-corrected chi connectivity index (χ2v) is 7.34. The van der Waals surface area contributed by atoms with Crippen molar-refractivity contribution in [1.82, 2.24) is 19.6 Å². The van der Waals surface area contributed by atoms with Gasteiger partial charge in [0.05, 0.1) is 29.9 Å². The molecule has 162 valence electrons. The second-order valence-electron chi connectivity index (χ2n) is 6.93. The van der Waals surface area contributed by atoms with Gasteiger partial charge in [0.25, 0.3) is 5.91 Å². The Bertz CT molecular complexity index is 1260. The molecule has 9 nitrogen and oxygen atoms in total. The Hall–Kier alpha value is -4.05. The van der Waals surface area contributed by atoms with E-state index in [2.05, 4.69) is 15.5 Å². The van der Waals surface area contributed by atoms with E-state index in [0.29, 0.717) is 28.4 Å². The highest BCUT2D eigenvalue weighted by Gasteiger charge is 2.12. The Balaban J connectivity index is 1.38. The van der Waals surface area contributed by atoms with E-state index in [4.69, 9.17) is 11.6 Å². The number of hydrogen-bond donors (Lipinski definition) is 1. The molecule has 0 radical (unpaired) electrons. The number of anilines is 1. The summed E-state index contributed by atoms with van der Waals surface area (Å²) in [4.78, 5) is 22.7. The highest BCUT2D eigenvalue weighted by molar-refractivity contribution is 6.31. The van der Waals surface area contributed by atoms with E-state index in [0.717, 1.165) is 5.56 Å². The third kappa shape index (κ3) is 4.81. The molecule has 1 amide bonds. The summed E-state index contributed by atoms with van der Waals surface area (Å²) >= 11 is 6.04. The maximum atomic E-state index is 14.0. The van der Waals surface area contributed by atoms with E-state index < -0.39 is 10.7 Å². The first-order valence-electron chi connectivity index (χ1n) is 9.41. The number of aromatic nitrogens is 4. The van der Waals surface area contributed by atoms with Gasteiger partial charge in [0.1, 0.15) is 18.2 Å². The fourth-order valence-electron chi connectivity index (χ4n) is 3.05. The first-order chi connectivity index (χ1) is 15.4. The highest BCUT2D eigenvalue weighted by Crippen LogP contribution is 2.20. The zero-order valence-corrected chi connectivity index (χ0v) is 17.2. The van der Waals surface area contributed by atoms with Crippen molar-refractivity contribution in [3.05, 3.63) is 105 Å². The number of nitrogens with zero attached hydrogens (tertiary/aromatic N) is 5. The standard InChI is InChI=1S/C21H16ClFN6O3/c22-19-2-1-3-20(23)18(19)13-28-11-16(8-24-28)26-21(30)15-6-4-14(5-7-15)10-27-12-17(9-25-27)29(31)32/h1-9,11-12H,10,13H2,(H,26,30). The highest BCUT2D eigenvalue weighted by atomic mass is 35.5. The lowest BCUT2D eigenvalue weighted by Gasteiger charge is -2.06. The first-order valence-corrected chi connectivity index (χ1v) is 9.79. The lowest BCUT2D eigenvalue weighted by molar-refractivity contribution is -0.385. The van der Waals surface area contributed by atoms with E-state index in [1.165, 1.54) is 40.1 Å². The van der Waals surface area contributed by atoms with Crippen LogP contribution in [-0.2, 0) is 13.1 Å². The van der Waals surface area contributed by atoms with Crippen LogP contribution in [-0.4, -0.2) is 30.4 Å². The van der Waals surface area contributed by atoms with E-state index in [9.17, 15) is 19.3 Å². The van der Waals surface area contributed by atoms with E-state index in [-0.39, 0.29) is 18.1 Å². The number of halogens is 2. The van der Waals surface area contributed by atoms with Crippen LogP contribution in [0.15, 0.2) is 67.3 Å². The molecule has 0 bridgehead atoms. The van der Waals surface area contributed by atoms with E-state index in [1.807, 2.05) is 0 Å². The van der Waals surface area contributed by atoms with Crippen molar-refractivity contribution >= 4 is 28.9 Å². The van der Waals surface area contributed by atoms with Crippen molar-refractivity contribution in [2.45, 2.75) is 13.1 Å². The number of amides is 1. The van der Waals surface area contributed by atoms with Crippen molar-refractivity contribution in [2.75, 3.05) is 5.32 Å². The summed E-state index contributed by atoms with van der Waals surface area (Å²) in [5.74, 6) is -0.766. The summed E-state index contributed by atoms with van der Waals surface area (Å²) in [6.45, 7) is 0.461. The molecule has 0 unspecified atom stereocenters. The van der Waals surface area contributed by atoms with Gasteiger partial charge in [0.15, 0.2) is 0 Å². The molecular weight excluding hydrogens is 439 g/mol. The van der Waals surface area contributed by atoms with Crippen LogP contribution in [0.2, 0.25) is 5.02 Å². The van der Waals surface area contributed by atoms with Crippen LogP contribution in [0.4, 0.5) is 15.8 Å². The molecule has 0 fully saturated rings. The van der Waals surface area contributed by atoms with Crippen LogP contribution >= 0.6 is 11.6 Å². The molecule has 1 N–H and O–H groups in total. The molecule has 0 atom stereocenters. The Labute approximate surface area is 186 Å². The minimum absolute atomic E-state index is 0.0844. The van der Waals surface area contributed by atoms with Gasteiger partial charge in [-0.05, 0) is 29.8 Å². The van der Waals surface area contributed by atoms with Gasteiger partial charge < -0.3 is 5.32 Å². The molecule has 0 saturated carbocycles. The molecule has 11 heteroatoms. The molecule has 0 saturated heterocycles. The van der Waals surface area contributed by atoms with Crippen molar-refractivity contribution < 1.29 is 14.1 Å². The van der Waals surface area contributed by atoms with Crippen LogP contribution in [0, 0.1) is 15.9 Å². The summed E-state index contributed by atoms with van der Waals surface area (Å²) in [5.41, 5.74) is 1.93. The zero-order valence-electron chi connectivity index (χ0n) is 16.5. The maximum absolute atomic E-state index is 14.0. The van der Waals surface area contributed by atoms with Gasteiger partial charge in [-0.15, -0.1) is 0 Å². The van der Waals surface area contributed by atoms with Gasteiger partial charge in [-0.1, -0.05) is 29.8 Å². The molecule has 32 heavy (non-hydrogen) atoms. The summed E-state index contributed by atoms with van der Waals surface area (Å²) in [6, 6.07) is 11.2. The minimum atomic E-state index is -0.510. The lowest BCUT2D eigenvalue weighted by Crippen LogP contribution is -2.11.